The summed E-state index contributed by atoms with van der Waals surface area (Å²) in [6, 6.07) is 1.37. The topological polar surface area (TPSA) is 59.6 Å². The molecule has 1 heterocycles. The van der Waals surface area contributed by atoms with Gasteiger partial charge in [-0.2, -0.15) is 0 Å². The van der Waals surface area contributed by atoms with E-state index >= 15 is 0 Å². The van der Waals surface area contributed by atoms with Gasteiger partial charge in [0.2, 0.25) is 0 Å². The molecule has 1 rings (SSSR count). The fraction of sp³-hybridized carbons (Fsp3) is 0.286. The number of carbonyl (C=O) groups is 1. The number of hydrogen-bond donors (Lipinski definition) is 0. The molecule has 0 saturated carbocycles. The van der Waals surface area contributed by atoms with Crippen molar-refractivity contribution in [2.75, 3.05) is 0 Å². The largest absolute Gasteiger partial charge is 0.459 e. The second kappa shape index (κ2) is 3.09. The van der Waals surface area contributed by atoms with Crippen LogP contribution in [-0.2, 0) is 0 Å². The van der Waals surface area contributed by atoms with E-state index in [0.29, 0.717) is 6.42 Å². The number of rotatable bonds is 3. The van der Waals surface area contributed by atoms with Gasteiger partial charge in [0.1, 0.15) is 0 Å². The van der Waals surface area contributed by atoms with Gasteiger partial charge in [0.05, 0.1) is 6.26 Å². The van der Waals surface area contributed by atoms with Crippen molar-refractivity contribution >= 4 is 11.5 Å². The number of hydrogen-bond acceptors (Lipinski definition) is 4. The third-order valence-corrected chi connectivity index (χ3v) is 1.32. The zero-order chi connectivity index (χ0) is 8.27. The van der Waals surface area contributed by atoms with Crippen LogP contribution in [0.3, 0.4) is 0 Å². The molecule has 0 aliphatic carbocycles. The van der Waals surface area contributed by atoms with Crippen molar-refractivity contribution in [3.05, 3.63) is 23.0 Å². The van der Waals surface area contributed by atoms with E-state index in [4.69, 9.17) is 4.42 Å². The summed E-state index contributed by atoms with van der Waals surface area (Å²) in [5.41, 5.74) is 0.0804. The van der Waals surface area contributed by atoms with Crippen molar-refractivity contribution < 1.29 is 9.21 Å². The fourth-order valence-corrected chi connectivity index (χ4v) is 0.744. The van der Waals surface area contributed by atoms with Crippen molar-refractivity contribution in [2.45, 2.75) is 13.3 Å². The van der Waals surface area contributed by atoms with Crippen molar-refractivity contribution in [3.63, 3.8) is 0 Å². The van der Waals surface area contributed by atoms with Gasteiger partial charge in [0.15, 0.2) is 17.2 Å². The average molecular weight is 153 g/mol. The number of furan rings is 1. The molecule has 0 N–H and O–H groups in total. The molecule has 58 valence electrons. The van der Waals surface area contributed by atoms with E-state index in [1.54, 1.807) is 6.92 Å². The highest BCUT2D eigenvalue weighted by molar-refractivity contribution is 5.97. The Hall–Kier alpha value is -1.45. The summed E-state index contributed by atoms with van der Waals surface area (Å²) >= 11 is 0. The van der Waals surface area contributed by atoms with Crippen LogP contribution in [0.5, 0.6) is 0 Å². The lowest BCUT2D eigenvalue weighted by Gasteiger charge is -1.89. The van der Waals surface area contributed by atoms with Crippen LogP contribution in [0.4, 0.5) is 5.69 Å². The van der Waals surface area contributed by atoms with Gasteiger partial charge >= 0.3 is 0 Å². The Labute approximate surface area is 63.2 Å². The Morgan fingerprint density at radius 3 is 3.00 bits per heavy atom. The zero-order valence-electron chi connectivity index (χ0n) is 6.03. The van der Waals surface area contributed by atoms with E-state index in [-0.39, 0.29) is 17.2 Å². The Morgan fingerprint density at radius 2 is 2.45 bits per heavy atom. The first-order chi connectivity index (χ1) is 5.29. The van der Waals surface area contributed by atoms with Crippen LogP contribution in [0.15, 0.2) is 21.9 Å². The lowest BCUT2D eigenvalue weighted by molar-refractivity contribution is 0.0962. The molecule has 4 nitrogen and oxygen atoms in total. The quantitative estimate of drug-likeness (QED) is 0.494. The van der Waals surface area contributed by atoms with E-state index < -0.39 is 0 Å². The predicted octanol–water partition coefficient (Wildman–Crippen LogP) is 2.27. The molecule has 0 amide bonds. The Morgan fingerprint density at radius 1 is 1.73 bits per heavy atom. The SMILES string of the molecule is CCC(=O)c1occc1N=O. The van der Waals surface area contributed by atoms with E-state index in [1.807, 2.05) is 0 Å². The standard InChI is InChI=1S/C7H7NO3/c1-2-6(9)7-5(8-10)3-4-11-7/h3-4H,2H2,1H3. The Balaban J connectivity index is 3.01. The van der Waals surface area contributed by atoms with Crippen LogP contribution in [0.1, 0.15) is 23.9 Å². The molecule has 0 radical (unpaired) electrons. The molecular formula is C7H7NO3. The summed E-state index contributed by atoms with van der Waals surface area (Å²) < 4.78 is 4.76. The van der Waals surface area contributed by atoms with Crippen molar-refractivity contribution in [1.29, 1.82) is 0 Å². The molecule has 0 aliphatic rings. The molecule has 1 aromatic rings. The van der Waals surface area contributed by atoms with E-state index in [9.17, 15) is 9.70 Å². The summed E-state index contributed by atoms with van der Waals surface area (Å²) in [6.45, 7) is 1.69. The summed E-state index contributed by atoms with van der Waals surface area (Å²) in [4.78, 5) is 21.0. The van der Waals surface area contributed by atoms with Gasteiger partial charge in [-0.1, -0.05) is 6.92 Å². The summed E-state index contributed by atoms with van der Waals surface area (Å²) in [5, 5.41) is 2.63. The van der Waals surface area contributed by atoms with Gasteiger partial charge in [0, 0.05) is 12.5 Å². The number of nitrogens with zero attached hydrogens (tertiary/aromatic N) is 1. The lowest BCUT2D eigenvalue weighted by Crippen LogP contribution is -1.93. The average Bonchev–Trinajstić information content (AvgIpc) is 2.50. The van der Waals surface area contributed by atoms with Crippen LogP contribution in [0, 0.1) is 4.91 Å². The maximum Gasteiger partial charge on any atom is 0.200 e. The monoisotopic (exact) mass is 153 g/mol. The van der Waals surface area contributed by atoms with Crippen molar-refractivity contribution in [1.82, 2.24) is 0 Å². The van der Waals surface area contributed by atoms with Gasteiger partial charge in [0.25, 0.3) is 0 Å². The molecular weight excluding hydrogens is 146 g/mol. The maximum absolute atomic E-state index is 11.0. The van der Waals surface area contributed by atoms with Gasteiger partial charge < -0.3 is 4.42 Å². The number of Topliss-reactive ketones (excluding diaryl/α,β-unsaturated/α-hetero) is 1. The predicted molar refractivity (Wildman–Crippen MR) is 38.8 cm³/mol. The van der Waals surface area contributed by atoms with Crippen LogP contribution >= 0.6 is 0 Å². The molecule has 0 bridgehead atoms. The van der Waals surface area contributed by atoms with E-state index in [1.165, 1.54) is 12.3 Å². The van der Waals surface area contributed by atoms with Crippen molar-refractivity contribution in [3.8, 4) is 0 Å². The second-order valence-electron chi connectivity index (χ2n) is 2.00. The fourth-order valence-electron chi connectivity index (χ4n) is 0.744. The highest BCUT2D eigenvalue weighted by atomic mass is 16.3. The smallest absolute Gasteiger partial charge is 0.200 e. The second-order valence-corrected chi connectivity index (χ2v) is 2.00. The molecule has 4 heteroatoms. The van der Waals surface area contributed by atoms with Crippen LogP contribution < -0.4 is 0 Å². The minimum absolute atomic E-state index is 0.0579. The third-order valence-electron chi connectivity index (χ3n) is 1.32. The molecule has 1 aromatic heterocycles. The molecule has 0 fully saturated rings. The number of carbonyl (C=O) groups excluding carboxylic acids is 1. The first-order valence-electron chi connectivity index (χ1n) is 3.23. The lowest BCUT2D eigenvalue weighted by atomic mass is 10.2. The minimum Gasteiger partial charge on any atom is -0.459 e. The van der Waals surface area contributed by atoms with Crippen LogP contribution in [0.2, 0.25) is 0 Å². The molecule has 0 atom stereocenters. The van der Waals surface area contributed by atoms with Gasteiger partial charge in [-0.3, -0.25) is 4.79 Å². The molecule has 0 saturated heterocycles. The molecule has 0 spiro atoms. The van der Waals surface area contributed by atoms with E-state index in [2.05, 4.69) is 5.18 Å². The molecule has 0 aromatic carbocycles. The highest BCUT2D eigenvalue weighted by Gasteiger charge is 2.13. The normalized spacial score (nSPS) is 9.55. The summed E-state index contributed by atoms with van der Waals surface area (Å²) in [5.74, 6) is -0.146. The summed E-state index contributed by atoms with van der Waals surface area (Å²) in [7, 11) is 0. The van der Waals surface area contributed by atoms with Gasteiger partial charge in [-0.25, -0.2) is 0 Å². The molecule has 0 unspecified atom stereocenters. The minimum atomic E-state index is -0.204. The van der Waals surface area contributed by atoms with Gasteiger partial charge in [-0.05, 0) is 5.18 Å². The first kappa shape index (κ1) is 7.65. The zero-order valence-corrected chi connectivity index (χ0v) is 6.03. The first-order valence-corrected chi connectivity index (χ1v) is 3.23. The van der Waals surface area contributed by atoms with Gasteiger partial charge in [-0.15, -0.1) is 4.91 Å². The van der Waals surface area contributed by atoms with E-state index in [0.717, 1.165) is 0 Å². The van der Waals surface area contributed by atoms with Crippen LogP contribution in [-0.4, -0.2) is 5.78 Å². The molecule has 11 heavy (non-hydrogen) atoms. The number of nitroso groups, excluding NO2 is 1. The van der Waals surface area contributed by atoms with Crippen molar-refractivity contribution in [2.24, 2.45) is 5.18 Å². The Bertz CT molecular complexity index is 277. The third kappa shape index (κ3) is 1.34. The molecule has 0 aliphatic heterocycles. The number of ketones is 1. The Kier molecular flexibility index (Phi) is 2.15. The maximum atomic E-state index is 11.0. The van der Waals surface area contributed by atoms with Crippen LogP contribution in [0.25, 0.3) is 0 Å². The summed E-state index contributed by atoms with van der Waals surface area (Å²) in [6.07, 6.45) is 1.59. The highest BCUT2D eigenvalue weighted by Crippen LogP contribution is 2.20.